The van der Waals surface area contributed by atoms with Crippen LogP contribution in [-0.4, -0.2) is 20.6 Å². The summed E-state index contributed by atoms with van der Waals surface area (Å²) in [5, 5.41) is 2.86. The molecule has 0 heterocycles. The molecule has 0 saturated carbocycles. The highest BCUT2D eigenvalue weighted by molar-refractivity contribution is 7.90. The van der Waals surface area contributed by atoms with E-state index in [-0.39, 0.29) is 22.8 Å². The van der Waals surface area contributed by atoms with E-state index in [0.29, 0.717) is 5.56 Å². The third-order valence-electron chi connectivity index (χ3n) is 3.85. The molecule has 0 aliphatic heterocycles. The molecule has 2 atom stereocenters. The maximum atomic E-state index is 13.9. The van der Waals surface area contributed by atoms with Crippen molar-refractivity contribution in [2.45, 2.75) is 37.1 Å². The quantitative estimate of drug-likeness (QED) is 0.866. The minimum atomic E-state index is -3.59. The topological polar surface area (TPSA) is 63.2 Å². The smallest absolute Gasteiger partial charge is 0.223 e. The molecule has 0 radical (unpaired) electrons. The number of hydrogen-bond acceptors (Lipinski definition) is 3. The van der Waals surface area contributed by atoms with Crippen molar-refractivity contribution in [1.82, 2.24) is 5.32 Å². The van der Waals surface area contributed by atoms with Gasteiger partial charge in [0.15, 0.2) is 9.84 Å². The number of benzene rings is 1. The van der Waals surface area contributed by atoms with Crippen molar-refractivity contribution < 1.29 is 17.6 Å². The summed E-state index contributed by atoms with van der Waals surface area (Å²) < 4.78 is 36.7. The second kappa shape index (κ2) is 6.60. The Morgan fingerprint density at radius 3 is 2.64 bits per heavy atom. The van der Waals surface area contributed by atoms with Gasteiger partial charge < -0.3 is 5.32 Å². The van der Waals surface area contributed by atoms with Crippen molar-refractivity contribution in [2.75, 3.05) is 6.26 Å². The summed E-state index contributed by atoms with van der Waals surface area (Å²) in [4.78, 5) is 11.8. The third kappa shape index (κ3) is 3.94. The normalized spacial score (nSPS) is 19.7. The highest BCUT2D eigenvalue weighted by Crippen LogP contribution is 2.22. The summed E-state index contributed by atoms with van der Waals surface area (Å²) >= 11 is 0. The standard InChI is InChI=1S/C16H20FNO3S/c1-11(18-16(19)12-6-4-3-5-7-12)13-8-9-15(14(17)10-13)22(2,20)21/h3-4,8-12H,5-7H2,1-2H3,(H,18,19)/t11-,12-/m0/s1. The SMILES string of the molecule is C[C@H](NC(=O)[C@H]1CC=CCC1)c1ccc(S(C)(=O)=O)c(F)c1. The molecular formula is C16H20FNO3S. The second-order valence-electron chi connectivity index (χ2n) is 5.67. The van der Waals surface area contributed by atoms with Crippen LogP contribution in [0.5, 0.6) is 0 Å². The summed E-state index contributed by atoms with van der Waals surface area (Å²) in [6.45, 7) is 1.76. The first-order valence-electron chi connectivity index (χ1n) is 7.24. The number of carbonyl (C=O) groups is 1. The first-order valence-corrected chi connectivity index (χ1v) is 9.13. The van der Waals surface area contributed by atoms with E-state index in [2.05, 4.69) is 11.4 Å². The van der Waals surface area contributed by atoms with E-state index in [1.165, 1.54) is 18.2 Å². The van der Waals surface area contributed by atoms with Crippen molar-refractivity contribution in [3.63, 3.8) is 0 Å². The molecule has 0 aromatic heterocycles. The van der Waals surface area contributed by atoms with Gasteiger partial charge in [0, 0.05) is 12.2 Å². The summed E-state index contributed by atoms with van der Waals surface area (Å²) in [5.41, 5.74) is 0.546. The lowest BCUT2D eigenvalue weighted by molar-refractivity contribution is -0.125. The molecule has 1 N–H and O–H groups in total. The molecule has 0 unspecified atom stereocenters. The van der Waals surface area contributed by atoms with E-state index in [1.807, 2.05) is 6.08 Å². The van der Waals surface area contributed by atoms with Crippen LogP contribution in [0.25, 0.3) is 0 Å². The number of halogens is 1. The van der Waals surface area contributed by atoms with Crippen LogP contribution in [0.2, 0.25) is 0 Å². The molecule has 0 fully saturated rings. The lowest BCUT2D eigenvalue weighted by Crippen LogP contribution is -2.33. The Bertz CT molecular complexity index is 697. The molecule has 1 aliphatic rings. The van der Waals surface area contributed by atoms with Gasteiger partial charge in [0.2, 0.25) is 5.91 Å². The Balaban J connectivity index is 2.09. The molecular weight excluding hydrogens is 305 g/mol. The molecule has 22 heavy (non-hydrogen) atoms. The molecule has 0 spiro atoms. The fourth-order valence-electron chi connectivity index (χ4n) is 2.53. The van der Waals surface area contributed by atoms with Crippen molar-refractivity contribution in [1.29, 1.82) is 0 Å². The Morgan fingerprint density at radius 2 is 2.09 bits per heavy atom. The summed E-state index contributed by atoms with van der Waals surface area (Å²) in [7, 11) is -3.59. The number of allylic oxidation sites excluding steroid dienone is 2. The van der Waals surface area contributed by atoms with Gasteiger partial charge in [-0.25, -0.2) is 12.8 Å². The van der Waals surface area contributed by atoms with Gasteiger partial charge >= 0.3 is 0 Å². The van der Waals surface area contributed by atoms with E-state index < -0.39 is 15.7 Å². The average Bonchev–Trinajstić information content (AvgIpc) is 2.46. The van der Waals surface area contributed by atoms with E-state index >= 15 is 0 Å². The first-order chi connectivity index (χ1) is 10.3. The van der Waals surface area contributed by atoms with Crippen LogP contribution in [0, 0.1) is 11.7 Å². The molecule has 1 aromatic rings. The minimum Gasteiger partial charge on any atom is -0.349 e. The van der Waals surface area contributed by atoms with Crippen LogP contribution in [0.15, 0.2) is 35.2 Å². The lowest BCUT2D eigenvalue weighted by Gasteiger charge is -2.21. The zero-order valence-electron chi connectivity index (χ0n) is 12.7. The molecule has 1 amide bonds. The molecule has 0 bridgehead atoms. The maximum Gasteiger partial charge on any atom is 0.223 e. The maximum absolute atomic E-state index is 13.9. The highest BCUT2D eigenvalue weighted by Gasteiger charge is 2.21. The minimum absolute atomic E-state index is 0.0485. The fraction of sp³-hybridized carbons (Fsp3) is 0.438. The number of carbonyl (C=O) groups excluding carboxylic acids is 1. The van der Waals surface area contributed by atoms with Gasteiger partial charge in [-0.1, -0.05) is 18.2 Å². The first kappa shape index (κ1) is 16.7. The highest BCUT2D eigenvalue weighted by atomic mass is 32.2. The van der Waals surface area contributed by atoms with Crippen LogP contribution >= 0.6 is 0 Å². The Labute approximate surface area is 130 Å². The van der Waals surface area contributed by atoms with Crippen LogP contribution in [0.4, 0.5) is 4.39 Å². The predicted octanol–water partition coefficient (Wildman–Crippen LogP) is 2.76. The van der Waals surface area contributed by atoms with Crippen molar-refractivity contribution >= 4 is 15.7 Å². The van der Waals surface area contributed by atoms with Gasteiger partial charge in [0.1, 0.15) is 10.7 Å². The molecule has 6 heteroatoms. The lowest BCUT2D eigenvalue weighted by atomic mass is 9.93. The number of sulfone groups is 1. The average molecular weight is 325 g/mol. The van der Waals surface area contributed by atoms with E-state index in [9.17, 15) is 17.6 Å². The van der Waals surface area contributed by atoms with Gasteiger partial charge in [-0.05, 0) is 43.9 Å². The van der Waals surface area contributed by atoms with Crippen molar-refractivity contribution in [3.8, 4) is 0 Å². The van der Waals surface area contributed by atoms with E-state index in [0.717, 1.165) is 25.5 Å². The predicted molar refractivity (Wildman–Crippen MR) is 82.5 cm³/mol. The summed E-state index contributed by atoms with van der Waals surface area (Å²) in [6.07, 6.45) is 7.46. The number of nitrogens with one attached hydrogen (secondary N) is 1. The zero-order chi connectivity index (χ0) is 16.3. The molecule has 1 aliphatic carbocycles. The van der Waals surface area contributed by atoms with Crippen molar-refractivity contribution in [3.05, 3.63) is 41.7 Å². The molecule has 0 saturated heterocycles. The molecule has 4 nitrogen and oxygen atoms in total. The van der Waals surface area contributed by atoms with E-state index in [4.69, 9.17) is 0 Å². The molecule has 2 rings (SSSR count). The van der Waals surface area contributed by atoms with Gasteiger partial charge in [-0.15, -0.1) is 0 Å². The van der Waals surface area contributed by atoms with Crippen LogP contribution in [0.1, 0.15) is 37.8 Å². The molecule has 1 aromatic carbocycles. The number of hydrogen-bond donors (Lipinski definition) is 1. The summed E-state index contributed by atoms with van der Waals surface area (Å²) in [6, 6.07) is 3.57. The van der Waals surface area contributed by atoms with Crippen LogP contribution < -0.4 is 5.32 Å². The van der Waals surface area contributed by atoms with Gasteiger partial charge in [0.25, 0.3) is 0 Å². The monoisotopic (exact) mass is 325 g/mol. The van der Waals surface area contributed by atoms with E-state index in [1.54, 1.807) is 6.92 Å². The van der Waals surface area contributed by atoms with Crippen LogP contribution in [-0.2, 0) is 14.6 Å². The Hall–Kier alpha value is -1.69. The molecule has 120 valence electrons. The van der Waals surface area contributed by atoms with Crippen molar-refractivity contribution in [2.24, 2.45) is 5.92 Å². The fourth-order valence-corrected chi connectivity index (χ4v) is 3.26. The zero-order valence-corrected chi connectivity index (χ0v) is 13.5. The van der Waals surface area contributed by atoms with Gasteiger partial charge in [-0.3, -0.25) is 4.79 Å². The second-order valence-corrected chi connectivity index (χ2v) is 7.66. The Morgan fingerprint density at radius 1 is 1.36 bits per heavy atom. The number of amides is 1. The largest absolute Gasteiger partial charge is 0.349 e. The summed E-state index contributed by atoms with van der Waals surface area (Å²) in [5.74, 6) is -0.890. The van der Waals surface area contributed by atoms with Crippen LogP contribution in [0.3, 0.4) is 0 Å². The number of rotatable bonds is 4. The Kier molecular flexibility index (Phi) is 5.01. The third-order valence-corrected chi connectivity index (χ3v) is 4.98. The van der Waals surface area contributed by atoms with Gasteiger partial charge in [0.05, 0.1) is 6.04 Å². The van der Waals surface area contributed by atoms with Gasteiger partial charge in [-0.2, -0.15) is 0 Å².